The minimum atomic E-state index is -0.648. The first kappa shape index (κ1) is 15.9. The van der Waals surface area contributed by atoms with Gasteiger partial charge in [-0.2, -0.15) is 0 Å². The van der Waals surface area contributed by atoms with Crippen LogP contribution in [0, 0.1) is 0 Å². The molecule has 2 aliphatic rings. The second-order valence-electron chi connectivity index (χ2n) is 6.01. The number of hydrogen-bond acceptors (Lipinski definition) is 6. The number of ether oxygens (including phenoxy) is 2. The van der Waals surface area contributed by atoms with E-state index in [4.69, 9.17) is 9.47 Å². The molecule has 0 aromatic carbocycles. The fraction of sp³-hybridized carbons (Fsp3) is 0.769. The van der Waals surface area contributed by atoms with Crippen molar-refractivity contribution in [1.82, 2.24) is 10.2 Å². The number of methoxy groups -OCH3 is 1. The summed E-state index contributed by atoms with van der Waals surface area (Å²) in [4.78, 5) is 37.3. The van der Waals surface area contributed by atoms with Crippen LogP contribution in [-0.4, -0.2) is 58.8 Å². The molecule has 0 bridgehead atoms. The van der Waals surface area contributed by atoms with Crippen LogP contribution >= 0.6 is 11.8 Å². The van der Waals surface area contributed by atoms with Crippen molar-refractivity contribution in [1.29, 1.82) is 0 Å². The molecule has 2 amide bonds. The molecule has 118 valence electrons. The monoisotopic (exact) mass is 316 g/mol. The van der Waals surface area contributed by atoms with Gasteiger partial charge in [-0.1, -0.05) is 0 Å². The van der Waals surface area contributed by atoms with Gasteiger partial charge in [0.2, 0.25) is 5.91 Å². The van der Waals surface area contributed by atoms with Crippen LogP contribution in [0.4, 0.5) is 4.79 Å². The highest BCUT2D eigenvalue weighted by Crippen LogP contribution is 2.38. The van der Waals surface area contributed by atoms with Gasteiger partial charge >= 0.3 is 12.1 Å². The minimum Gasteiger partial charge on any atom is -0.467 e. The van der Waals surface area contributed by atoms with E-state index in [9.17, 15) is 14.4 Å². The van der Waals surface area contributed by atoms with Crippen molar-refractivity contribution in [2.75, 3.05) is 12.9 Å². The average Bonchev–Trinajstić information content (AvgIpc) is 2.88. The Hall–Kier alpha value is -1.44. The summed E-state index contributed by atoms with van der Waals surface area (Å²) in [5, 5.41) is 2.48. The predicted octanol–water partition coefficient (Wildman–Crippen LogP) is 0.726. The van der Waals surface area contributed by atoms with Crippen molar-refractivity contribution in [3.63, 3.8) is 0 Å². The van der Waals surface area contributed by atoms with Gasteiger partial charge in [0.1, 0.15) is 17.7 Å². The molecule has 2 heterocycles. The number of amides is 2. The lowest BCUT2D eigenvalue weighted by molar-refractivity contribution is -0.150. The number of rotatable bonds is 2. The van der Waals surface area contributed by atoms with Crippen molar-refractivity contribution < 1.29 is 23.9 Å². The Balaban J connectivity index is 1.99. The van der Waals surface area contributed by atoms with Gasteiger partial charge in [0.15, 0.2) is 0 Å². The molecular weight excluding hydrogens is 296 g/mol. The second kappa shape index (κ2) is 5.75. The highest BCUT2D eigenvalue weighted by atomic mass is 32.2. The van der Waals surface area contributed by atoms with Crippen molar-refractivity contribution >= 4 is 29.7 Å². The molecule has 1 unspecified atom stereocenters. The lowest BCUT2D eigenvalue weighted by Gasteiger charge is -2.23. The minimum absolute atomic E-state index is 0.0958. The van der Waals surface area contributed by atoms with Crippen LogP contribution in [0.3, 0.4) is 0 Å². The van der Waals surface area contributed by atoms with E-state index in [-0.39, 0.29) is 11.3 Å². The Bertz CT molecular complexity index is 462. The third kappa shape index (κ3) is 3.42. The Kier molecular flexibility index (Phi) is 4.36. The average molecular weight is 316 g/mol. The molecule has 2 aliphatic heterocycles. The Morgan fingerprint density at radius 1 is 1.38 bits per heavy atom. The van der Waals surface area contributed by atoms with E-state index in [0.717, 1.165) is 0 Å². The van der Waals surface area contributed by atoms with Crippen LogP contribution in [0.1, 0.15) is 27.2 Å². The van der Waals surface area contributed by atoms with E-state index in [1.54, 1.807) is 20.8 Å². The Labute approximate surface area is 127 Å². The maximum absolute atomic E-state index is 12.4. The number of carbonyl (C=O) groups is 3. The molecular formula is C13H20N2O5S. The SMILES string of the molecule is COC(=O)[C@@H]1CSC2C[C@@H](NC(=O)OC(C)(C)C)C(=O)N21. The number of alkyl carbamates (subject to hydrolysis) is 1. The number of thioether (sulfide) groups is 1. The summed E-state index contributed by atoms with van der Waals surface area (Å²) < 4.78 is 9.86. The Morgan fingerprint density at radius 3 is 2.62 bits per heavy atom. The molecule has 8 heteroatoms. The maximum atomic E-state index is 12.4. The van der Waals surface area contributed by atoms with Crippen LogP contribution in [0.2, 0.25) is 0 Å². The second-order valence-corrected chi connectivity index (χ2v) is 7.22. The zero-order valence-corrected chi connectivity index (χ0v) is 13.4. The largest absolute Gasteiger partial charge is 0.467 e. The highest BCUT2D eigenvalue weighted by Gasteiger charge is 2.50. The van der Waals surface area contributed by atoms with Gasteiger partial charge in [-0.3, -0.25) is 4.79 Å². The zero-order chi connectivity index (χ0) is 15.8. The first-order valence-electron chi connectivity index (χ1n) is 6.74. The predicted molar refractivity (Wildman–Crippen MR) is 76.7 cm³/mol. The first-order chi connectivity index (χ1) is 9.73. The summed E-state index contributed by atoms with van der Waals surface area (Å²) in [6, 6.07) is -1.22. The summed E-state index contributed by atoms with van der Waals surface area (Å²) in [5.41, 5.74) is -0.620. The standard InChI is InChI=1S/C13H20N2O5S/c1-13(2,3)20-12(18)14-7-5-9-15(10(7)16)8(6-21-9)11(17)19-4/h7-9H,5-6H2,1-4H3,(H,14,18)/t7-,8+,9?/m1/s1. The van der Waals surface area contributed by atoms with E-state index in [1.165, 1.54) is 23.8 Å². The number of esters is 1. The number of nitrogens with zero attached hydrogens (tertiary/aromatic N) is 1. The molecule has 0 aliphatic carbocycles. The molecule has 2 rings (SSSR count). The normalized spacial score (nSPS) is 28.3. The van der Waals surface area contributed by atoms with Gasteiger partial charge < -0.3 is 19.7 Å². The number of nitrogens with one attached hydrogen (secondary N) is 1. The molecule has 2 fully saturated rings. The van der Waals surface area contributed by atoms with E-state index in [2.05, 4.69) is 5.32 Å². The van der Waals surface area contributed by atoms with Crippen LogP contribution in [0.25, 0.3) is 0 Å². The summed E-state index contributed by atoms with van der Waals surface area (Å²) in [6.45, 7) is 5.26. The van der Waals surface area contributed by atoms with Crippen molar-refractivity contribution in [2.45, 2.75) is 50.3 Å². The van der Waals surface area contributed by atoms with Crippen LogP contribution in [-0.2, 0) is 19.1 Å². The number of fused-ring (bicyclic) bond motifs is 1. The fourth-order valence-electron chi connectivity index (χ4n) is 2.41. The molecule has 0 saturated carbocycles. The van der Waals surface area contributed by atoms with Gasteiger partial charge in [0, 0.05) is 12.2 Å². The summed E-state index contributed by atoms with van der Waals surface area (Å²) in [5.74, 6) is -0.148. The molecule has 7 nitrogen and oxygen atoms in total. The lowest BCUT2D eigenvalue weighted by atomic mass is 10.2. The van der Waals surface area contributed by atoms with Gasteiger partial charge in [-0.05, 0) is 20.8 Å². The molecule has 0 aromatic rings. The summed E-state index contributed by atoms with van der Waals surface area (Å²) >= 11 is 1.52. The lowest BCUT2D eigenvalue weighted by Crippen LogP contribution is -2.48. The van der Waals surface area contributed by atoms with E-state index < -0.39 is 29.7 Å². The highest BCUT2D eigenvalue weighted by molar-refractivity contribution is 8.00. The topological polar surface area (TPSA) is 84.9 Å². The first-order valence-corrected chi connectivity index (χ1v) is 7.79. The third-order valence-corrected chi connectivity index (χ3v) is 4.56. The van der Waals surface area contributed by atoms with Gasteiger partial charge in [-0.15, -0.1) is 11.8 Å². The van der Waals surface area contributed by atoms with Crippen molar-refractivity contribution in [3.05, 3.63) is 0 Å². The molecule has 21 heavy (non-hydrogen) atoms. The number of carbonyl (C=O) groups excluding carboxylic acids is 3. The Morgan fingerprint density at radius 2 is 2.05 bits per heavy atom. The zero-order valence-electron chi connectivity index (χ0n) is 12.5. The van der Waals surface area contributed by atoms with Gasteiger partial charge in [0.25, 0.3) is 0 Å². The fourth-order valence-corrected chi connectivity index (χ4v) is 3.85. The van der Waals surface area contributed by atoms with Crippen LogP contribution in [0.5, 0.6) is 0 Å². The van der Waals surface area contributed by atoms with Gasteiger partial charge in [0.05, 0.1) is 12.5 Å². The molecule has 0 radical (unpaired) electrons. The van der Waals surface area contributed by atoms with E-state index >= 15 is 0 Å². The quantitative estimate of drug-likeness (QED) is 0.756. The van der Waals surface area contributed by atoms with Crippen molar-refractivity contribution in [2.24, 2.45) is 0 Å². The van der Waals surface area contributed by atoms with Crippen LogP contribution < -0.4 is 5.32 Å². The van der Waals surface area contributed by atoms with Crippen LogP contribution in [0.15, 0.2) is 0 Å². The maximum Gasteiger partial charge on any atom is 0.408 e. The van der Waals surface area contributed by atoms with Crippen molar-refractivity contribution in [3.8, 4) is 0 Å². The molecule has 0 spiro atoms. The van der Waals surface area contributed by atoms with E-state index in [0.29, 0.717) is 12.2 Å². The summed E-state index contributed by atoms with van der Waals surface area (Å²) in [7, 11) is 1.30. The third-order valence-electron chi connectivity index (χ3n) is 3.25. The molecule has 2 saturated heterocycles. The number of hydrogen-bond donors (Lipinski definition) is 1. The molecule has 0 aromatic heterocycles. The molecule has 1 N–H and O–H groups in total. The van der Waals surface area contributed by atoms with E-state index in [1.807, 2.05) is 0 Å². The molecule has 3 atom stereocenters. The van der Waals surface area contributed by atoms with Gasteiger partial charge in [-0.25, -0.2) is 9.59 Å². The summed E-state index contributed by atoms with van der Waals surface area (Å²) in [6.07, 6.45) is -0.155. The smallest absolute Gasteiger partial charge is 0.408 e.